The summed E-state index contributed by atoms with van der Waals surface area (Å²) < 4.78 is 111. The maximum Gasteiger partial charge on any atom is 0.416 e. The molecular formula is C45H52F6O2P4+2. The minimum Gasteiger partial charge on any atom is -0.166 e. The van der Waals surface area contributed by atoms with Crippen molar-refractivity contribution < 1.29 is 35.5 Å². The minimum absolute atomic E-state index is 0.137. The first-order valence-corrected chi connectivity index (χ1v) is 25.2. The van der Waals surface area contributed by atoms with E-state index >= 15 is 4.57 Å². The summed E-state index contributed by atoms with van der Waals surface area (Å²) in [4.78, 5) is 0. The molecule has 3 atom stereocenters. The van der Waals surface area contributed by atoms with E-state index in [0.717, 1.165) is 55.3 Å². The van der Waals surface area contributed by atoms with Crippen molar-refractivity contribution in [3.63, 3.8) is 0 Å². The van der Waals surface area contributed by atoms with Crippen molar-refractivity contribution in [1.82, 2.24) is 0 Å². The first kappa shape index (κ1) is 44.1. The van der Waals surface area contributed by atoms with Gasteiger partial charge in [-0.1, -0.05) is 84.8 Å². The maximum atomic E-state index is 15.1. The highest BCUT2D eigenvalue weighted by molar-refractivity contribution is 7.81. The molecule has 4 aromatic rings. The van der Waals surface area contributed by atoms with Crippen LogP contribution in [0.4, 0.5) is 26.3 Å². The Morgan fingerprint density at radius 3 is 1.39 bits per heavy atom. The Kier molecular flexibility index (Phi) is 13.6. The molecule has 2 saturated carbocycles. The predicted molar refractivity (Wildman–Crippen MR) is 229 cm³/mol. The van der Waals surface area contributed by atoms with E-state index in [4.69, 9.17) is 0 Å². The number of halogens is 6. The van der Waals surface area contributed by atoms with E-state index in [1.807, 2.05) is 45.0 Å². The molecule has 0 N–H and O–H groups in total. The third-order valence-corrected chi connectivity index (χ3v) is 22.5. The van der Waals surface area contributed by atoms with Gasteiger partial charge in [-0.05, 0) is 152 Å². The standard InChI is InChI=1S/C45H52F6O2P4/c1-42(2,3)56(52)40-17-11-9-15-38(40)54(34-13-7-6-8-14-34)35-25-19-31(20-26-35)43(4,5)57(53)41-18-12-10-16-39(41)55(36-27-21-32(22-28-36)44(46,47)48)37-29-23-33(24-30-37)45(49,50)51/h9-12,15-18,21-24,27-31,34-35H,6-8,13-14,19-20,25-26H2,1-5H3/q+2. The zero-order chi connectivity index (χ0) is 41.3. The third kappa shape index (κ3) is 9.94. The second-order valence-corrected chi connectivity index (χ2v) is 26.6. The van der Waals surface area contributed by atoms with Crippen molar-refractivity contribution in [2.24, 2.45) is 5.92 Å². The number of benzene rings is 4. The average Bonchev–Trinajstić information content (AvgIpc) is 3.18. The van der Waals surface area contributed by atoms with Gasteiger partial charge in [0.15, 0.2) is 20.9 Å². The van der Waals surface area contributed by atoms with E-state index in [9.17, 15) is 30.9 Å². The molecule has 4 aromatic carbocycles. The van der Waals surface area contributed by atoms with E-state index in [-0.39, 0.29) is 11.1 Å². The Morgan fingerprint density at radius 2 is 0.930 bits per heavy atom. The van der Waals surface area contributed by atoms with Crippen LogP contribution in [0.5, 0.6) is 0 Å². The smallest absolute Gasteiger partial charge is 0.166 e. The molecule has 2 nitrogen and oxygen atoms in total. The van der Waals surface area contributed by atoms with Crippen LogP contribution in [0.2, 0.25) is 0 Å². The fourth-order valence-electron chi connectivity index (χ4n) is 8.65. The van der Waals surface area contributed by atoms with Gasteiger partial charge in [0.25, 0.3) is 0 Å². The molecule has 0 bridgehead atoms. The van der Waals surface area contributed by atoms with Gasteiger partial charge in [-0.15, -0.1) is 0 Å². The number of hydrogen-bond donors (Lipinski definition) is 0. The zero-order valence-electron chi connectivity index (χ0n) is 33.2. The van der Waals surface area contributed by atoms with Crippen LogP contribution >= 0.6 is 31.4 Å². The van der Waals surface area contributed by atoms with Crippen LogP contribution in [-0.2, 0) is 21.5 Å². The van der Waals surface area contributed by atoms with Gasteiger partial charge < -0.3 is 0 Å². The van der Waals surface area contributed by atoms with Gasteiger partial charge in [0.2, 0.25) is 0 Å². The highest BCUT2D eigenvalue weighted by Gasteiger charge is 2.51. The molecule has 0 saturated heterocycles. The molecule has 0 amide bonds. The van der Waals surface area contributed by atoms with Crippen LogP contribution in [0.1, 0.15) is 104 Å². The summed E-state index contributed by atoms with van der Waals surface area (Å²) in [7, 11) is -5.92. The van der Waals surface area contributed by atoms with E-state index in [0.29, 0.717) is 32.5 Å². The largest absolute Gasteiger partial charge is 0.416 e. The molecule has 3 unspecified atom stereocenters. The Morgan fingerprint density at radius 1 is 0.509 bits per heavy atom. The Balaban J connectivity index is 1.31. The number of rotatable bonds is 10. The van der Waals surface area contributed by atoms with Crippen LogP contribution < -0.4 is 31.8 Å². The topological polar surface area (TPSA) is 34.1 Å². The van der Waals surface area contributed by atoms with Gasteiger partial charge in [0, 0.05) is 16.5 Å². The predicted octanol–water partition coefficient (Wildman–Crippen LogP) is 12.7. The van der Waals surface area contributed by atoms with Gasteiger partial charge in [-0.2, -0.15) is 26.3 Å². The third-order valence-electron chi connectivity index (χ3n) is 11.8. The molecule has 0 heterocycles. The molecule has 0 spiro atoms. The summed E-state index contributed by atoms with van der Waals surface area (Å²) >= 11 is 0. The van der Waals surface area contributed by atoms with Crippen LogP contribution in [0.25, 0.3) is 0 Å². The van der Waals surface area contributed by atoms with Crippen molar-refractivity contribution in [3.8, 4) is 0 Å². The van der Waals surface area contributed by atoms with Crippen LogP contribution in [-0.4, -0.2) is 21.6 Å². The lowest BCUT2D eigenvalue weighted by atomic mass is 9.81. The van der Waals surface area contributed by atoms with Gasteiger partial charge in [-0.25, -0.2) is 0 Å². The van der Waals surface area contributed by atoms with E-state index in [1.54, 1.807) is 6.07 Å². The normalized spacial score (nSPS) is 20.0. The highest BCUT2D eigenvalue weighted by Crippen LogP contribution is 2.59. The van der Waals surface area contributed by atoms with E-state index in [2.05, 4.69) is 32.0 Å². The van der Waals surface area contributed by atoms with Crippen molar-refractivity contribution in [1.29, 1.82) is 0 Å². The Bertz CT molecular complexity index is 1970. The SMILES string of the molecule is CC(C)(C)[P+](=O)c1ccccc1P(C1CCCCC1)C1CCC(C(C)(C)[P+](=O)c2ccccc2P(c2ccc(C(F)(F)F)cc2)c2ccc(C(F)(F)F)cc2)CC1. The maximum absolute atomic E-state index is 15.1. The van der Waals surface area contributed by atoms with Gasteiger partial charge in [-0.3, -0.25) is 0 Å². The fourth-order valence-corrected chi connectivity index (χ4v) is 18.8. The lowest BCUT2D eigenvalue weighted by Crippen LogP contribution is -2.39. The van der Waals surface area contributed by atoms with Crippen molar-refractivity contribution in [3.05, 3.63) is 108 Å². The van der Waals surface area contributed by atoms with Crippen LogP contribution in [0.15, 0.2) is 97.1 Å². The molecule has 2 aliphatic rings. The van der Waals surface area contributed by atoms with Crippen LogP contribution in [0, 0.1) is 5.92 Å². The number of hydrogen-bond acceptors (Lipinski definition) is 2. The summed E-state index contributed by atoms with van der Waals surface area (Å²) in [6.45, 7) is 10.3. The molecule has 2 fully saturated rings. The molecule has 2 aliphatic carbocycles. The molecule has 12 heteroatoms. The highest BCUT2D eigenvalue weighted by atomic mass is 31.1. The lowest BCUT2D eigenvalue weighted by Gasteiger charge is -2.41. The van der Waals surface area contributed by atoms with Crippen molar-refractivity contribution >= 4 is 63.3 Å². The summed E-state index contributed by atoms with van der Waals surface area (Å²) in [5.74, 6) is 0.137. The Hall–Kier alpha value is -2.48. The minimum atomic E-state index is -4.55. The quantitative estimate of drug-likeness (QED) is 0.118. The summed E-state index contributed by atoms with van der Waals surface area (Å²) in [5, 5.41) is 3.64. The van der Waals surface area contributed by atoms with E-state index < -0.39 is 60.1 Å². The molecular weight excluding hydrogens is 810 g/mol. The molecule has 6 rings (SSSR count). The van der Waals surface area contributed by atoms with Gasteiger partial charge >= 0.3 is 28.0 Å². The second kappa shape index (κ2) is 17.6. The summed E-state index contributed by atoms with van der Waals surface area (Å²) in [5.41, 5.74) is -0.574. The van der Waals surface area contributed by atoms with Crippen LogP contribution in [0.3, 0.4) is 0 Å². The fraction of sp³-hybridized carbons (Fsp3) is 0.467. The molecule has 0 aliphatic heterocycles. The van der Waals surface area contributed by atoms with Gasteiger partial charge in [0.05, 0.1) is 11.1 Å². The Labute approximate surface area is 338 Å². The first-order chi connectivity index (χ1) is 26.8. The second-order valence-electron chi connectivity index (χ2n) is 17.0. The lowest BCUT2D eigenvalue weighted by molar-refractivity contribution is -0.138. The van der Waals surface area contributed by atoms with E-state index in [1.165, 1.54) is 61.7 Å². The summed E-state index contributed by atoms with van der Waals surface area (Å²) in [6.07, 6.45) is 0.770. The molecule has 0 radical (unpaired) electrons. The molecule has 57 heavy (non-hydrogen) atoms. The molecule has 0 aromatic heterocycles. The number of alkyl halides is 6. The van der Waals surface area contributed by atoms with Crippen molar-refractivity contribution in [2.75, 3.05) is 0 Å². The first-order valence-electron chi connectivity index (χ1n) is 19.8. The zero-order valence-corrected chi connectivity index (χ0v) is 36.8. The van der Waals surface area contributed by atoms with Gasteiger partial charge in [0.1, 0.15) is 0 Å². The van der Waals surface area contributed by atoms with Crippen molar-refractivity contribution in [2.45, 2.75) is 126 Å². The molecule has 304 valence electrons. The average molecular weight is 863 g/mol. The summed E-state index contributed by atoms with van der Waals surface area (Å²) in [6, 6.07) is 25.3. The monoisotopic (exact) mass is 862 g/mol.